The number of aromatic hydroxyl groups is 2. The molecule has 0 atom stereocenters. The van der Waals surface area contributed by atoms with Gasteiger partial charge in [-0.2, -0.15) is 26.3 Å². The van der Waals surface area contributed by atoms with Crippen molar-refractivity contribution in [3.8, 4) is 22.6 Å². The molecule has 0 spiro atoms. The third kappa shape index (κ3) is 6.79. The average molecular weight is 603 g/mol. The van der Waals surface area contributed by atoms with Crippen molar-refractivity contribution in [3.63, 3.8) is 0 Å². The van der Waals surface area contributed by atoms with E-state index in [0.29, 0.717) is 49.1 Å². The highest BCUT2D eigenvalue weighted by atomic mass is 32.1. The van der Waals surface area contributed by atoms with Crippen LogP contribution in [0.1, 0.15) is 33.4 Å². The van der Waals surface area contributed by atoms with Crippen LogP contribution in [0.2, 0.25) is 0 Å². The molecule has 42 heavy (non-hydrogen) atoms. The number of alkyl halides is 6. The summed E-state index contributed by atoms with van der Waals surface area (Å²) < 4.78 is 79.7. The molecule has 218 valence electrons. The minimum Gasteiger partial charge on any atom is -0.508 e. The molecule has 0 unspecified atom stereocenters. The van der Waals surface area contributed by atoms with Crippen LogP contribution in [-0.4, -0.2) is 15.3 Å². The number of nitrogens with one attached hydrogen (secondary N) is 2. The number of benzene rings is 4. The van der Waals surface area contributed by atoms with E-state index in [2.05, 4.69) is 10.6 Å². The molecular formula is C31H24F6N2O2S. The molecule has 4 bridgehead atoms. The lowest BCUT2D eigenvalue weighted by Crippen LogP contribution is -2.21. The molecule has 0 aromatic heterocycles. The first kappa shape index (κ1) is 29.2. The Hall–Kier alpha value is -4.25. The van der Waals surface area contributed by atoms with E-state index < -0.39 is 29.2 Å². The molecule has 11 heteroatoms. The van der Waals surface area contributed by atoms with Crippen molar-refractivity contribution in [1.29, 1.82) is 0 Å². The van der Waals surface area contributed by atoms with Crippen LogP contribution in [0.5, 0.6) is 11.5 Å². The summed E-state index contributed by atoms with van der Waals surface area (Å²) in [6.07, 6.45) is -7.56. The van der Waals surface area contributed by atoms with Gasteiger partial charge in [-0.05, 0) is 108 Å². The summed E-state index contributed by atoms with van der Waals surface area (Å²) >= 11 is 5.29. The first-order valence-electron chi connectivity index (χ1n) is 12.9. The predicted molar refractivity (Wildman–Crippen MR) is 153 cm³/mol. The van der Waals surface area contributed by atoms with Gasteiger partial charge in [0.1, 0.15) is 11.5 Å². The Morgan fingerprint density at radius 1 is 0.619 bits per heavy atom. The number of halogens is 6. The van der Waals surface area contributed by atoms with Gasteiger partial charge in [-0.1, -0.05) is 30.3 Å². The van der Waals surface area contributed by atoms with E-state index in [4.69, 9.17) is 12.2 Å². The molecule has 4 aromatic rings. The van der Waals surface area contributed by atoms with Crippen LogP contribution in [0.4, 0.5) is 37.7 Å². The maximum Gasteiger partial charge on any atom is 0.416 e. The van der Waals surface area contributed by atoms with E-state index in [1.54, 1.807) is 12.1 Å². The van der Waals surface area contributed by atoms with Crippen LogP contribution in [0, 0.1) is 0 Å². The molecule has 4 nitrogen and oxygen atoms in total. The molecule has 4 aliphatic carbocycles. The maximum atomic E-state index is 13.3. The molecule has 4 N–H and O–H groups in total. The molecule has 0 saturated carbocycles. The second-order valence-electron chi connectivity index (χ2n) is 10.1. The fourth-order valence-electron chi connectivity index (χ4n) is 5.00. The zero-order valence-corrected chi connectivity index (χ0v) is 22.6. The highest BCUT2D eigenvalue weighted by Gasteiger charge is 2.37. The number of anilines is 2. The molecule has 0 fully saturated rings. The van der Waals surface area contributed by atoms with Crippen LogP contribution < -0.4 is 10.6 Å². The van der Waals surface area contributed by atoms with E-state index in [0.717, 1.165) is 27.8 Å². The van der Waals surface area contributed by atoms with Crippen molar-refractivity contribution in [1.82, 2.24) is 0 Å². The molecule has 0 aliphatic heterocycles. The lowest BCUT2D eigenvalue weighted by molar-refractivity contribution is -0.143. The standard InChI is InChI=1S/C31H24F6N2O2S/c32-30(33,34)22-13-23(31(35,36)37)15-24(14-22)38-29(42)39-28-10-18-2-6-19-5-1-17(3-7-20(28)8-4-18)9-27(19)21-11-25(40)16-26(41)12-21/h1,4-5,8-16,40-41H,2-3,6-7H2,(H2,38,39,42). The third-order valence-electron chi connectivity index (χ3n) is 7.02. The highest BCUT2D eigenvalue weighted by molar-refractivity contribution is 7.80. The van der Waals surface area contributed by atoms with E-state index in [1.807, 2.05) is 36.4 Å². The molecule has 8 rings (SSSR count). The van der Waals surface area contributed by atoms with E-state index in [-0.39, 0.29) is 22.7 Å². The Morgan fingerprint density at radius 2 is 1.17 bits per heavy atom. The monoisotopic (exact) mass is 602 g/mol. The first-order valence-corrected chi connectivity index (χ1v) is 13.3. The topological polar surface area (TPSA) is 64.5 Å². The number of phenols is 2. The Kier molecular flexibility index (Phi) is 7.80. The van der Waals surface area contributed by atoms with Gasteiger partial charge in [0.25, 0.3) is 0 Å². The van der Waals surface area contributed by atoms with Crippen LogP contribution >= 0.6 is 12.2 Å². The zero-order chi connectivity index (χ0) is 30.2. The summed E-state index contributed by atoms with van der Waals surface area (Å²) in [5.74, 6) is -0.0882. The minimum absolute atomic E-state index is 0.0441. The number of rotatable bonds is 3. The maximum absolute atomic E-state index is 13.3. The van der Waals surface area contributed by atoms with Gasteiger partial charge in [0.2, 0.25) is 0 Å². The van der Waals surface area contributed by atoms with Gasteiger partial charge in [-0.3, -0.25) is 0 Å². The van der Waals surface area contributed by atoms with Gasteiger partial charge in [0.15, 0.2) is 5.11 Å². The van der Waals surface area contributed by atoms with E-state index in [9.17, 15) is 36.6 Å². The molecule has 4 aliphatic rings. The smallest absolute Gasteiger partial charge is 0.416 e. The Bertz CT molecular complexity index is 1610. The van der Waals surface area contributed by atoms with Gasteiger partial charge in [-0.15, -0.1) is 0 Å². The quantitative estimate of drug-likeness (QED) is 0.140. The fraction of sp³-hybridized carbons (Fsp3) is 0.194. The fourth-order valence-corrected chi connectivity index (χ4v) is 5.23. The summed E-state index contributed by atoms with van der Waals surface area (Å²) in [6, 6.07) is 17.5. The van der Waals surface area contributed by atoms with Crippen molar-refractivity contribution in [2.24, 2.45) is 0 Å². The summed E-state index contributed by atoms with van der Waals surface area (Å²) in [6.45, 7) is 0. The summed E-state index contributed by atoms with van der Waals surface area (Å²) in [5.41, 5.74) is 2.65. The number of hydrogen-bond acceptors (Lipinski definition) is 3. The second kappa shape index (κ2) is 11.2. The molecule has 0 amide bonds. The average Bonchev–Trinajstić information content (AvgIpc) is 2.88. The Balaban J connectivity index is 1.40. The largest absolute Gasteiger partial charge is 0.508 e. The Labute approximate surface area is 242 Å². The van der Waals surface area contributed by atoms with Gasteiger partial charge in [0.05, 0.1) is 11.1 Å². The number of hydrogen-bond donors (Lipinski definition) is 4. The summed E-state index contributed by atoms with van der Waals surface area (Å²) in [5, 5.41) is 25.3. The van der Waals surface area contributed by atoms with Crippen molar-refractivity contribution in [2.45, 2.75) is 38.0 Å². The number of phenolic OH excluding ortho intramolecular Hbond substituents is 2. The summed E-state index contributed by atoms with van der Waals surface area (Å²) in [4.78, 5) is 0. The Morgan fingerprint density at radius 3 is 1.76 bits per heavy atom. The normalized spacial score (nSPS) is 13.4. The molecule has 0 saturated heterocycles. The number of thiocarbonyl (C=S) groups is 1. The van der Waals surface area contributed by atoms with E-state index in [1.165, 1.54) is 6.07 Å². The molecular weight excluding hydrogens is 578 g/mol. The van der Waals surface area contributed by atoms with Crippen LogP contribution in [0.15, 0.2) is 72.8 Å². The van der Waals surface area contributed by atoms with Crippen LogP contribution in [-0.2, 0) is 38.0 Å². The van der Waals surface area contributed by atoms with Crippen molar-refractivity contribution in [2.75, 3.05) is 10.6 Å². The van der Waals surface area contributed by atoms with Crippen LogP contribution in [0.25, 0.3) is 11.1 Å². The summed E-state index contributed by atoms with van der Waals surface area (Å²) in [7, 11) is 0. The van der Waals surface area contributed by atoms with Crippen molar-refractivity contribution < 1.29 is 36.6 Å². The molecule has 0 heterocycles. The minimum atomic E-state index is -4.97. The third-order valence-corrected chi connectivity index (χ3v) is 7.23. The van der Waals surface area contributed by atoms with Crippen LogP contribution in [0.3, 0.4) is 0 Å². The lowest BCUT2D eigenvalue weighted by atomic mass is 9.90. The molecule has 4 aromatic carbocycles. The zero-order valence-electron chi connectivity index (χ0n) is 21.8. The van der Waals surface area contributed by atoms with Gasteiger partial charge >= 0.3 is 12.4 Å². The van der Waals surface area contributed by atoms with E-state index >= 15 is 0 Å². The molecule has 0 radical (unpaired) electrons. The SMILES string of the molecule is Oc1cc(O)cc(-c2cc3ccc2CCc2ccc(c(NC(=S)Nc4cc(C(F)(F)F)cc(C(F)(F)F)c4)c2)CC3)c1. The van der Waals surface area contributed by atoms with Gasteiger partial charge in [-0.25, -0.2) is 0 Å². The highest BCUT2D eigenvalue weighted by Crippen LogP contribution is 2.38. The lowest BCUT2D eigenvalue weighted by Gasteiger charge is -2.19. The van der Waals surface area contributed by atoms with Gasteiger partial charge < -0.3 is 20.8 Å². The van der Waals surface area contributed by atoms with Crippen molar-refractivity contribution in [3.05, 3.63) is 106 Å². The number of aryl methyl sites for hydroxylation is 4. The predicted octanol–water partition coefficient (Wildman–Crippen LogP) is 8.50. The van der Waals surface area contributed by atoms with Gasteiger partial charge in [0, 0.05) is 17.4 Å². The van der Waals surface area contributed by atoms with Crippen molar-refractivity contribution >= 4 is 28.7 Å². The first-order chi connectivity index (χ1) is 19.7. The second-order valence-corrected chi connectivity index (χ2v) is 10.5.